The third-order valence-electron chi connectivity index (χ3n) is 3.87. The first-order chi connectivity index (χ1) is 11.9. The average molecular weight is 387 g/mol. The number of carbonyl (C=O) groups excluding carboxylic acids is 1. The number of rotatable bonds is 7. The summed E-state index contributed by atoms with van der Waals surface area (Å²) in [4.78, 5) is 14.1. The van der Waals surface area contributed by atoms with Gasteiger partial charge in [0.05, 0.1) is 12.0 Å². The van der Waals surface area contributed by atoms with Gasteiger partial charge in [0.15, 0.2) is 0 Å². The second kappa shape index (κ2) is 10.2. The summed E-state index contributed by atoms with van der Waals surface area (Å²) in [5.74, 6) is -0.222. The van der Waals surface area contributed by atoms with Crippen LogP contribution in [0, 0.1) is 0 Å². The maximum atomic E-state index is 12.8. The molecule has 2 aromatic carbocycles. The van der Waals surface area contributed by atoms with Crippen LogP contribution in [0.15, 0.2) is 54.6 Å². The van der Waals surface area contributed by atoms with Gasteiger partial charge in [-0.2, -0.15) is 13.2 Å². The van der Waals surface area contributed by atoms with Crippen LogP contribution in [0.1, 0.15) is 16.7 Å². The fourth-order valence-corrected chi connectivity index (χ4v) is 2.57. The maximum Gasteiger partial charge on any atom is 0.416 e. The highest BCUT2D eigenvalue weighted by molar-refractivity contribution is 5.85. The maximum absolute atomic E-state index is 12.8. The third-order valence-corrected chi connectivity index (χ3v) is 3.87. The molecule has 26 heavy (non-hydrogen) atoms. The van der Waals surface area contributed by atoms with Crippen LogP contribution >= 0.6 is 12.4 Å². The first-order valence-electron chi connectivity index (χ1n) is 8.08. The van der Waals surface area contributed by atoms with Crippen LogP contribution in [0.25, 0.3) is 0 Å². The fourth-order valence-electron chi connectivity index (χ4n) is 2.57. The predicted octanol–water partition coefficient (Wildman–Crippen LogP) is 3.70. The molecule has 0 bridgehead atoms. The van der Waals surface area contributed by atoms with Gasteiger partial charge in [-0.15, -0.1) is 12.4 Å². The van der Waals surface area contributed by atoms with E-state index in [1.807, 2.05) is 30.3 Å². The third kappa shape index (κ3) is 6.69. The number of amides is 1. The van der Waals surface area contributed by atoms with Gasteiger partial charge in [0.1, 0.15) is 0 Å². The smallest absolute Gasteiger partial charge is 0.341 e. The molecule has 0 aliphatic rings. The molecule has 0 radical (unpaired) electrons. The first kappa shape index (κ1) is 22.0. The molecule has 0 spiro atoms. The number of hydrogen-bond acceptors (Lipinski definition) is 2. The van der Waals surface area contributed by atoms with E-state index >= 15 is 0 Å². The highest BCUT2D eigenvalue weighted by Crippen LogP contribution is 2.29. The van der Waals surface area contributed by atoms with Crippen LogP contribution in [-0.2, 0) is 23.8 Å². The topological polar surface area (TPSA) is 46.3 Å². The van der Waals surface area contributed by atoms with Crippen LogP contribution in [0.3, 0.4) is 0 Å². The zero-order valence-electron chi connectivity index (χ0n) is 14.2. The van der Waals surface area contributed by atoms with Crippen LogP contribution in [0.4, 0.5) is 13.2 Å². The van der Waals surface area contributed by atoms with Gasteiger partial charge in [-0.1, -0.05) is 48.5 Å². The molecular weight excluding hydrogens is 365 g/mol. The van der Waals surface area contributed by atoms with Crippen molar-refractivity contribution in [1.82, 2.24) is 4.90 Å². The highest BCUT2D eigenvalue weighted by Gasteiger charge is 2.30. The number of hydrogen-bond donors (Lipinski definition) is 1. The zero-order chi connectivity index (χ0) is 18.3. The molecule has 0 aromatic heterocycles. The molecule has 7 heteroatoms. The van der Waals surface area contributed by atoms with E-state index < -0.39 is 11.7 Å². The van der Waals surface area contributed by atoms with Crippen LogP contribution in [0.5, 0.6) is 0 Å². The van der Waals surface area contributed by atoms with Crippen molar-refractivity contribution >= 4 is 18.3 Å². The number of nitrogens with zero attached hydrogens (tertiary/aromatic N) is 1. The summed E-state index contributed by atoms with van der Waals surface area (Å²) >= 11 is 0. The standard InChI is InChI=1S/C19H21F3N2O.ClH/c20-19(21,22)17-8-4-7-16(13-17)14-18(25)24(12-10-23)11-9-15-5-2-1-3-6-15;/h1-8,13H,9-12,14,23H2;1H. The van der Waals surface area contributed by atoms with Crippen molar-refractivity contribution in [3.8, 4) is 0 Å². The van der Waals surface area contributed by atoms with E-state index in [0.29, 0.717) is 31.6 Å². The number of halogens is 4. The molecule has 142 valence electrons. The van der Waals surface area contributed by atoms with Crippen molar-refractivity contribution in [3.63, 3.8) is 0 Å². The van der Waals surface area contributed by atoms with Crippen LogP contribution in [-0.4, -0.2) is 30.4 Å². The van der Waals surface area contributed by atoms with Gasteiger partial charge in [0.25, 0.3) is 0 Å². The molecule has 0 saturated heterocycles. The van der Waals surface area contributed by atoms with E-state index in [4.69, 9.17) is 5.73 Å². The number of carbonyl (C=O) groups is 1. The Bertz CT molecular complexity index is 693. The van der Waals surface area contributed by atoms with E-state index in [1.54, 1.807) is 4.90 Å². The van der Waals surface area contributed by atoms with E-state index in [-0.39, 0.29) is 24.7 Å². The van der Waals surface area contributed by atoms with Crippen molar-refractivity contribution in [2.24, 2.45) is 5.73 Å². The Morgan fingerprint density at radius 1 is 0.962 bits per heavy atom. The lowest BCUT2D eigenvalue weighted by molar-refractivity contribution is -0.138. The molecule has 0 saturated carbocycles. The second-order valence-electron chi connectivity index (χ2n) is 5.78. The van der Waals surface area contributed by atoms with Crippen LogP contribution < -0.4 is 5.73 Å². The van der Waals surface area contributed by atoms with Gasteiger partial charge in [0.2, 0.25) is 5.91 Å². The summed E-state index contributed by atoms with van der Waals surface area (Å²) in [5, 5.41) is 0. The Hall–Kier alpha value is -2.05. The van der Waals surface area contributed by atoms with E-state index in [2.05, 4.69) is 0 Å². The van der Waals surface area contributed by atoms with Crippen molar-refractivity contribution in [2.45, 2.75) is 19.0 Å². The highest BCUT2D eigenvalue weighted by atomic mass is 35.5. The lowest BCUT2D eigenvalue weighted by Crippen LogP contribution is -2.37. The summed E-state index contributed by atoms with van der Waals surface area (Å²) in [7, 11) is 0. The molecule has 0 atom stereocenters. The van der Waals surface area contributed by atoms with Crippen molar-refractivity contribution in [2.75, 3.05) is 19.6 Å². The summed E-state index contributed by atoms with van der Waals surface area (Å²) in [5.41, 5.74) is 6.27. The molecule has 0 aliphatic heterocycles. The van der Waals surface area contributed by atoms with Gasteiger partial charge in [-0.3, -0.25) is 4.79 Å². The Balaban J connectivity index is 0.00000338. The Morgan fingerprint density at radius 3 is 2.23 bits per heavy atom. The van der Waals surface area contributed by atoms with Gasteiger partial charge in [-0.05, 0) is 23.6 Å². The molecule has 0 heterocycles. The molecular formula is C19H22ClF3N2O. The molecule has 0 fully saturated rings. The minimum Gasteiger partial charge on any atom is -0.341 e. The van der Waals surface area contributed by atoms with Gasteiger partial charge in [-0.25, -0.2) is 0 Å². The molecule has 1 amide bonds. The normalized spacial score (nSPS) is 10.9. The summed E-state index contributed by atoms with van der Waals surface area (Å²) in [6.45, 7) is 1.17. The van der Waals surface area contributed by atoms with E-state index in [9.17, 15) is 18.0 Å². The molecule has 0 aliphatic carbocycles. The lowest BCUT2D eigenvalue weighted by Gasteiger charge is -2.22. The van der Waals surface area contributed by atoms with E-state index in [1.165, 1.54) is 12.1 Å². The Morgan fingerprint density at radius 2 is 1.62 bits per heavy atom. The van der Waals surface area contributed by atoms with Crippen molar-refractivity contribution in [3.05, 3.63) is 71.3 Å². The second-order valence-corrected chi connectivity index (χ2v) is 5.78. The monoisotopic (exact) mass is 386 g/mol. The fraction of sp³-hybridized carbons (Fsp3) is 0.316. The van der Waals surface area contributed by atoms with Crippen molar-refractivity contribution < 1.29 is 18.0 Å². The van der Waals surface area contributed by atoms with E-state index in [0.717, 1.165) is 17.7 Å². The zero-order valence-corrected chi connectivity index (χ0v) is 15.0. The van der Waals surface area contributed by atoms with Gasteiger partial charge < -0.3 is 10.6 Å². The van der Waals surface area contributed by atoms with Crippen LogP contribution in [0.2, 0.25) is 0 Å². The lowest BCUT2D eigenvalue weighted by atomic mass is 10.1. The minimum atomic E-state index is -4.41. The number of benzene rings is 2. The number of nitrogens with two attached hydrogens (primary N) is 1. The van der Waals surface area contributed by atoms with Gasteiger partial charge in [0, 0.05) is 19.6 Å². The molecule has 3 nitrogen and oxygen atoms in total. The van der Waals surface area contributed by atoms with Gasteiger partial charge >= 0.3 is 6.18 Å². The largest absolute Gasteiger partial charge is 0.416 e. The SMILES string of the molecule is Cl.NCCN(CCc1ccccc1)C(=O)Cc1cccc(C(F)(F)F)c1. The predicted molar refractivity (Wildman–Crippen MR) is 98.2 cm³/mol. The number of alkyl halides is 3. The van der Waals surface area contributed by atoms with Crippen molar-refractivity contribution in [1.29, 1.82) is 0 Å². The molecule has 2 aromatic rings. The average Bonchev–Trinajstić information content (AvgIpc) is 2.59. The summed E-state index contributed by atoms with van der Waals surface area (Å²) < 4.78 is 38.3. The first-order valence-corrected chi connectivity index (χ1v) is 8.08. The summed E-state index contributed by atoms with van der Waals surface area (Å²) in [6, 6.07) is 14.6. The Kier molecular flexibility index (Phi) is 8.61. The Labute approximate surface area is 157 Å². The minimum absolute atomic E-state index is 0. The quantitative estimate of drug-likeness (QED) is 0.788. The molecule has 0 unspecified atom stereocenters. The molecule has 2 N–H and O–H groups in total. The molecule has 2 rings (SSSR count). The summed E-state index contributed by atoms with van der Waals surface area (Å²) in [6.07, 6.45) is -3.81.